The van der Waals surface area contributed by atoms with Crippen LogP contribution in [0.1, 0.15) is 97.8 Å². The Morgan fingerprint density at radius 2 is 1.92 bits per heavy atom. The number of imidazole rings is 1. The van der Waals surface area contributed by atoms with Gasteiger partial charge in [-0.15, -0.1) is 0 Å². The Morgan fingerprint density at radius 3 is 2.32 bits per heavy atom. The van der Waals surface area contributed by atoms with Crippen LogP contribution in [0.2, 0.25) is 0 Å². The molecule has 0 saturated heterocycles. The van der Waals surface area contributed by atoms with Gasteiger partial charge in [0.2, 0.25) is 6.41 Å². The van der Waals surface area contributed by atoms with Crippen molar-refractivity contribution in [1.29, 1.82) is 0 Å². The lowest BCUT2D eigenvalue weighted by atomic mass is 10.1. The molecular weight excluding hydrogens is 478 g/mol. The number of nitrogens with one attached hydrogen (secondary N) is 1. The van der Waals surface area contributed by atoms with E-state index in [1.165, 1.54) is 32.0 Å². The van der Waals surface area contributed by atoms with E-state index in [0.29, 0.717) is 17.5 Å². The number of hydrogen-bond donors (Lipinski definition) is 1. The molecule has 0 unspecified atom stereocenters. The van der Waals surface area contributed by atoms with Gasteiger partial charge in [0.1, 0.15) is 11.2 Å². The summed E-state index contributed by atoms with van der Waals surface area (Å²) in [7, 11) is 1.81. The Balaban J connectivity index is 0.000000292. The standard InChI is InChI=1S/C11H12F2N2.C11H18N2O.C6H12O2/c1-7(2)9-6-15-5-8(11(12)13)3-4-10(15)14-9;1-3-4-10(13-8-14)7-11(12-2)9-5-6-9;1-5(7)8-6(2,3)4/h3-7,11H,1-2H3;7-9H,3-6H2,1-2H3,(H,13,14);1-4H3/b;10-7+,12-11?;. The van der Waals surface area contributed by atoms with Gasteiger partial charge in [-0.1, -0.05) is 27.2 Å². The highest BCUT2D eigenvalue weighted by Gasteiger charge is 2.25. The summed E-state index contributed by atoms with van der Waals surface area (Å²) in [5.41, 5.74) is 3.43. The van der Waals surface area contributed by atoms with E-state index < -0.39 is 6.43 Å². The summed E-state index contributed by atoms with van der Waals surface area (Å²) in [4.78, 5) is 29.2. The maximum Gasteiger partial charge on any atom is 0.303 e. The number of nitrogens with zero attached hydrogens (tertiary/aromatic N) is 3. The molecule has 1 amide bonds. The smallest absolute Gasteiger partial charge is 0.303 e. The summed E-state index contributed by atoms with van der Waals surface area (Å²) in [5.74, 6) is 0.720. The van der Waals surface area contributed by atoms with Gasteiger partial charge in [-0.05, 0) is 64.2 Å². The van der Waals surface area contributed by atoms with Crippen molar-refractivity contribution in [1.82, 2.24) is 14.7 Å². The monoisotopic (exact) mass is 520 g/mol. The quantitative estimate of drug-likeness (QED) is 0.240. The highest BCUT2D eigenvalue weighted by Crippen LogP contribution is 2.31. The summed E-state index contributed by atoms with van der Waals surface area (Å²) < 4.78 is 31.3. The number of amides is 1. The van der Waals surface area contributed by atoms with Gasteiger partial charge in [0.25, 0.3) is 6.43 Å². The molecule has 2 aromatic rings. The first-order chi connectivity index (χ1) is 17.3. The minimum Gasteiger partial charge on any atom is -0.460 e. The molecule has 0 aromatic carbocycles. The number of aliphatic imine (C=N–C) groups is 1. The molecule has 206 valence electrons. The number of halogens is 2. The highest BCUT2D eigenvalue weighted by molar-refractivity contribution is 5.99. The average molecular weight is 521 g/mol. The summed E-state index contributed by atoms with van der Waals surface area (Å²) in [6, 6.07) is 3.03. The van der Waals surface area contributed by atoms with Crippen molar-refractivity contribution in [3.63, 3.8) is 0 Å². The van der Waals surface area contributed by atoms with E-state index in [2.05, 4.69) is 22.2 Å². The van der Waals surface area contributed by atoms with Crippen molar-refractivity contribution in [2.75, 3.05) is 7.05 Å². The second-order valence-corrected chi connectivity index (χ2v) is 10.2. The van der Waals surface area contributed by atoms with Crippen LogP contribution in [0.3, 0.4) is 0 Å². The summed E-state index contributed by atoms with van der Waals surface area (Å²) in [6.45, 7) is 13.1. The zero-order valence-corrected chi connectivity index (χ0v) is 23.3. The van der Waals surface area contributed by atoms with Crippen LogP contribution in [0.15, 0.2) is 41.3 Å². The van der Waals surface area contributed by atoms with Gasteiger partial charge in [0.15, 0.2) is 0 Å². The molecule has 7 nitrogen and oxygen atoms in total. The normalized spacial score (nSPS) is 14.1. The zero-order valence-electron chi connectivity index (χ0n) is 23.3. The number of aromatic nitrogens is 2. The van der Waals surface area contributed by atoms with E-state index in [-0.39, 0.29) is 17.1 Å². The average Bonchev–Trinajstić information content (AvgIpc) is 3.54. The third kappa shape index (κ3) is 12.6. The van der Waals surface area contributed by atoms with E-state index in [1.807, 2.05) is 47.7 Å². The number of carbonyl (C=O) groups is 2. The summed E-state index contributed by atoms with van der Waals surface area (Å²) >= 11 is 0. The highest BCUT2D eigenvalue weighted by atomic mass is 19.3. The maximum atomic E-state index is 12.4. The molecule has 1 saturated carbocycles. The number of pyridine rings is 1. The SMILES string of the molecule is CC(=O)OC(C)(C)C.CC(C)c1cn2cc(C(F)F)ccc2n1.CCC/C(=C\C(=NC)C1CC1)NC=O. The molecule has 3 rings (SSSR count). The fourth-order valence-electron chi connectivity index (χ4n) is 3.32. The van der Waals surface area contributed by atoms with Crippen LogP contribution < -0.4 is 5.32 Å². The van der Waals surface area contributed by atoms with Gasteiger partial charge in [-0.25, -0.2) is 13.8 Å². The number of carbonyl (C=O) groups excluding carboxylic acids is 2. The van der Waals surface area contributed by atoms with Crippen molar-refractivity contribution in [3.8, 4) is 0 Å². The van der Waals surface area contributed by atoms with E-state index in [4.69, 9.17) is 4.74 Å². The molecule has 1 N–H and O–H groups in total. The van der Waals surface area contributed by atoms with Crippen molar-refractivity contribution in [3.05, 3.63) is 47.6 Å². The predicted molar refractivity (Wildman–Crippen MR) is 144 cm³/mol. The van der Waals surface area contributed by atoms with Gasteiger partial charge in [0.05, 0.1) is 5.69 Å². The first-order valence-electron chi connectivity index (χ1n) is 12.6. The molecule has 0 radical (unpaired) electrons. The summed E-state index contributed by atoms with van der Waals surface area (Å²) in [5, 5.41) is 2.73. The molecular formula is C28H42F2N4O3. The Bertz CT molecular complexity index is 1060. The number of hydrogen-bond acceptors (Lipinski definition) is 5. The lowest BCUT2D eigenvalue weighted by Crippen LogP contribution is -2.21. The van der Waals surface area contributed by atoms with Crippen LogP contribution >= 0.6 is 0 Å². The van der Waals surface area contributed by atoms with Crippen molar-refractivity contribution in [2.45, 2.75) is 92.1 Å². The molecule has 1 aliphatic rings. The number of fused-ring (bicyclic) bond motifs is 1. The van der Waals surface area contributed by atoms with Crippen molar-refractivity contribution in [2.24, 2.45) is 10.9 Å². The number of alkyl halides is 2. The molecule has 0 aliphatic heterocycles. The van der Waals surface area contributed by atoms with Crippen molar-refractivity contribution >= 4 is 23.7 Å². The lowest BCUT2D eigenvalue weighted by Gasteiger charge is -2.17. The van der Waals surface area contributed by atoms with Crippen LogP contribution in [-0.2, 0) is 14.3 Å². The topological polar surface area (TPSA) is 85.1 Å². The molecule has 1 fully saturated rings. The molecule has 9 heteroatoms. The molecule has 2 heterocycles. The van der Waals surface area contributed by atoms with E-state index in [0.717, 1.165) is 36.4 Å². The fraction of sp³-hybridized carbons (Fsp3) is 0.571. The van der Waals surface area contributed by atoms with Gasteiger partial charge < -0.3 is 14.5 Å². The van der Waals surface area contributed by atoms with Crippen LogP contribution in [0.4, 0.5) is 8.78 Å². The van der Waals surface area contributed by atoms with E-state index >= 15 is 0 Å². The second kappa shape index (κ2) is 15.2. The van der Waals surface area contributed by atoms with Gasteiger partial charge in [-0.3, -0.25) is 14.6 Å². The fourth-order valence-corrected chi connectivity index (χ4v) is 3.32. The predicted octanol–water partition coefficient (Wildman–Crippen LogP) is 6.64. The van der Waals surface area contributed by atoms with Crippen molar-refractivity contribution < 1.29 is 23.1 Å². The molecule has 37 heavy (non-hydrogen) atoms. The van der Waals surface area contributed by atoms with Gasteiger partial charge >= 0.3 is 5.97 Å². The number of allylic oxidation sites excluding steroid dienone is 2. The number of esters is 1. The van der Waals surface area contributed by atoms with Crippen LogP contribution in [0, 0.1) is 5.92 Å². The van der Waals surface area contributed by atoms with Gasteiger partial charge in [-0.2, -0.15) is 0 Å². The summed E-state index contributed by atoms with van der Waals surface area (Å²) in [6.07, 6.45) is 7.98. The van der Waals surface area contributed by atoms with E-state index in [9.17, 15) is 18.4 Å². The first kappa shape index (κ1) is 31.9. The minimum absolute atomic E-state index is 0.0233. The Kier molecular flexibility index (Phi) is 13.1. The lowest BCUT2D eigenvalue weighted by molar-refractivity contribution is -0.151. The van der Waals surface area contributed by atoms with Gasteiger partial charge in [0, 0.05) is 49.3 Å². The third-order valence-corrected chi connectivity index (χ3v) is 5.13. The Hall–Kier alpha value is -3.10. The number of rotatable bonds is 8. The van der Waals surface area contributed by atoms with Crippen LogP contribution in [0.5, 0.6) is 0 Å². The molecule has 2 aromatic heterocycles. The number of ether oxygens (including phenoxy) is 1. The minimum atomic E-state index is -2.43. The maximum absolute atomic E-state index is 12.4. The zero-order chi connectivity index (χ0) is 28.2. The van der Waals surface area contributed by atoms with Crippen LogP contribution in [0.25, 0.3) is 5.65 Å². The second-order valence-electron chi connectivity index (χ2n) is 10.2. The Labute approximate surface area is 219 Å². The molecule has 0 bridgehead atoms. The largest absolute Gasteiger partial charge is 0.460 e. The van der Waals surface area contributed by atoms with E-state index in [1.54, 1.807) is 16.7 Å². The van der Waals surface area contributed by atoms with Crippen LogP contribution in [-0.4, -0.2) is 40.1 Å². The Morgan fingerprint density at radius 1 is 1.27 bits per heavy atom. The third-order valence-electron chi connectivity index (χ3n) is 5.13. The molecule has 0 spiro atoms. The molecule has 1 aliphatic carbocycles. The molecule has 0 atom stereocenters. The first-order valence-corrected chi connectivity index (χ1v) is 12.6.